The summed E-state index contributed by atoms with van der Waals surface area (Å²) in [6, 6.07) is 2.40. The molecule has 100 valence electrons. The molecular formula is C13H14BrCl2FO. The Morgan fingerprint density at radius 1 is 1.33 bits per heavy atom. The second-order valence-corrected chi connectivity index (χ2v) is 7.05. The number of halogens is 4. The van der Waals surface area contributed by atoms with Gasteiger partial charge < -0.3 is 0 Å². The first-order valence-electron chi connectivity index (χ1n) is 5.44. The molecule has 5 heteroatoms. The van der Waals surface area contributed by atoms with E-state index in [9.17, 15) is 9.18 Å². The number of carbonyl (C=O) groups is 1. The molecule has 0 bridgehead atoms. The minimum Gasteiger partial charge on any atom is -0.298 e. The van der Waals surface area contributed by atoms with Crippen LogP contribution in [0.25, 0.3) is 0 Å². The number of hydrogen-bond donors (Lipinski definition) is 0. The first-order chi connectivity index (χ1) is 8.12. The lowest BCUT2D eigenvalue weighted by Crippen LogP contribution is -2.30. The molecular weight excluding hydrogens is 342 g/mol. The highest BCUT2D eigenvalue weighted by molar-refractivity contribution is 9.10. The van der Waals surface area contributed by atoms with E-state index in [-0.39, 0.29) is 15.8 Å². The highest BCUT2D eigenvalue weighted by Gasteiger charge is 2.28. The van der Waals surface area contributed by atoms with Gasteiger partial charge in [0.25, 0.3) is 0 Å². The van der Waals surface area contributed by atoms with Gasteiger partial charge in [-0.25, -0.2) is 4.39 Å². The molecule has 0 aliphatic rings. The zero-order valence-electron chi connectivity index (χ0n) is 10.4. The van der Waals surface area contributed by atoms with Crippen LogP contribution in [0.3, 0.4) is 0 Å². The summed E-state index contributed by atoms with van der Waals surface area (Å²) in [4.78, 5) is 11.7. The minimum absolute atomic E-state index is 0.0546. The molecule has 0 aliphatic carbocycles. The lowest BCUT2D eigenvalue weighted by Gasteiger charge is -2.21. The van der Waals surface area contributed by atoms with Crippen molar-refractivity contribution in [3.8, 4) is 0 Å². The van der Waals surface area contributed by atoms with Gasteiger partial charge in [-0.15, -0.1) is 0 Å². The van der Waals surface area contributed by atoms with E-state index in [0.29, 0.717) is 12.0 Å². The molecule has 0 fully saturated rings. The van der Waals surface area contributed by atoms with Crippen molar-refractivity contribution < 1.29 is 9.18 Å². The van der Waals surface area contributed by atoms with Gasteiger partial charge in [0.05, 0.1) is 4.83 Å². The number of Topliss-reactive ketones (excluding diaryl/α,β-unsaturated/α-hetero) is 1. The number of ketones is 1. The molecule has 1 aromatic carbocycles. The molecule has 0 saturated heterocycles. The normalized spacial score (nSPS) is 13.5. The molecule has 0 heterocycles. The number of hydrogen-bond acceptors (Lipinski definition) is 1. The molecule has 0 radical (unpaired) electrons. The maximum absolute atomic E-state index is 13.0. The van der Waals surface area contributed by atoms with Crippen molar-refractivity contribution in [2.75, 3.05) is 0 Å². The Hall–Kier alpha value is -0.120. The van der Waals surface area contributed by atoms with Crippen LogP contribution in [0.5, 0.6) is 0 Å². The molecule has 0 aromatic heterocycles. The summed E-state index contributed by atoms with van der Waals surface area (Å²) >= 11 is 15.2. The fourth-order valence-electron chi connectivity index (χ4n) is 1.51. The summed E-state index contributed by atoms with van der Waals surface area (Å²) in [5.74, 6) is -0.430. The highest BCUT2D eigenvalue weighted by atomic mass is 79.9. The van der Waals surface area contributed by atoms with E-state index in [2.05, 4.69) is 15.9 Å². The Kier molecular flexibility index (Phi) is 5.22. The average Bonchev–Trinajstić information content (AvgIpc) is 2.20. The van der Waals surface area contributed by atoms with Gasteiger partial charge in [0.1, 0.15) is 5.82 Å². The number of alkyl halides is 1. The van der Waals surface area contributed by atoms with Gasteiger partial charge >= 0.3 is 0 Å². The van der Waals surface area contributed by atoms with E-state index in [1.807, 2.05) is 20.8 Å². The molecule has 1 atom stereocenters. The van der Waals surface area contributed by atoms with Gasteiger partial charge in [-0.1, -0.05) is 59.9 Å². The summed E-state index contributed by atoms with van der Waals surface area (Å²) in [7, 11) is 0. The van der Waals surface area contributed by atoms with E-state index < -0.39 is 16.1 Å². The minimum atomic E-state index is -0.484. The van der Waals surface area contributed by atoms with Gasteiger partial charge in [-0.3, -0.25) is 4.79 Å². The van der Waals surface area contributed by atoms with Gasteiger partial charge in [0.15, 0.2) is 5.78 Å². The summed E-state index contributed by atoms with van der Waals surface area (Å²) in [5.41, 5.74) is 0.131. The third-order valence-corrected chi connectivity index (χ3v) is 3.93. The van der Waals surface area contributed by atoms with E-state index in [0.717, 1.165) is 0 Å². The van der Waals surface area contributed by atoms with Gasteiger partial charge in [0, 0.05) is 15.5 Å². The van der Waals surface area contributed by atoms with E-state index in [4.69, 9.17) is 23.2 Å². The number of carbonyl (C=O) groups excluding carboxylic acids is 1. The van der Waals surface area contributed by atoms with E-state index in [1.54, 1.807) is 0 Å². The SMILES string of the molecule is CC(C)(C)C(=O)C(Br)Cc1c(Cl)cc(F)cc1Cl. The van der Waals surface area contributed by atoms with Crippen LogP contribution in [-0.4, -0.2) is 10.6 Å². The maximum atomic E-state index is 13.0. The Morgan fingerprint density at radius 3 is 2.17 bits per heavy atom. The molecule has 0 N–H and O–H groups in total. The summed E-state index contributed by atoms with van der Waals surface area (Å²) in [6.07, 6.45) is 0.341. The van der Waals surface area contributed by atoms with Crippen molar-refractivity contribution in [3.05, 3.63) is 33.6 Å². The first kappa shape index (κ1) is 15.9. The quantitative estimate of drug-likeness (QED) is 0.693. The second-order valence-electron chi connectivity index (χ2n) is 5.13. The predicted octanol–water partition coefficient (Wildman–Crippen LogP) is 5.05. The largest absolute Gasteiger partial charge is 0.298 e. The van der Waals surface area contributed by atoms with Crippen LogP contribution in [0.4, 0.5) is 4.39 Å². The average molecular weight is 356 g/mol. The van der Waals surface area contributed by atoms with Crippen molar-refractivity contribution in [2.45, 2.75) is 32.0 Å². The van der Waals surface area contributed by atoms with Crippen molar-refractivity contribution in [1.82, 2.24) is 0 Å². The molecule has 0 aliphatic heterocycles. The fraction of sp³-hybridized carbons (Fsp3) is 0.462. The molecule has 18 heavy (non-hydrogen) atoms. The number of rotatable bonds is 3. The van der Waals surface area contributed by atoms with Crippen LogP contribution in [0.2, 0.25) is 10.0 Å². The second kappa shape index (κ2) is 5.89. The Labute approximate surface area is 125 Å². The first-order valence-corrected chi connectivity index (χ1v) is 7.12. The standard InChI is InChI=1S/C13H14BrCl2FO/c1-13(2,3)12(18)9(14)6-8-10(15)4-7(17)5-11(8)16/h4-5,9H,6H2,1-3H3. The number of benzene rings is 1. The summed E-state index contributed by atoms with van der Waals surface area (Å²) in [5, 5.41) is 0.484. The topological polar surface area (TPSA) is 17.1 Å². The van der Waals surface area contributed by atoms with Crippen LogP contribution in [-0.2, 0) is 11.2 Å². The van der Waals surface area contributed by atoms with Crippen LogP contribution in [0.1, 0.15) is 26.3 Å². The Morgan fingerprint density at radius 2 is 1.78 bits per heavy atom. The molecule has 0 saturated carbocycles. The molecule has 1 nitrogen and oxygen atoms in total. The fourth-order valence-corrected chi connectivity index (χ4v) is 3.13. The van der Waals surface area contributed by atoms with Crippen LogP contribution < -0.4 is 0 Å². The molecule has 1 unspecified atom stereocenters. The zero-order valence-corrected chi connectivity index (χ0v) is 13.5. The van der Waals surface area contributed by atoms with Crippen molar-refractivity contribution in [1.29, 1.82) is 0 Å². The van der Waals surface area contributed by atoms with Crippen LogP contribution in [0.15, 0.2) is 12.1 Å². The van der Waals surface area contributed by atoms with Crippen LogP contribution in [0, 0.1) is 11.2 Å². The van der Waals surface area contributed by atoms with Crippen molar-refractivity contribution >= 4 is 44.9 Å². The van der Waals surface area contributed by atoms with Gasteiger partial charge in [0.2, 0.25) is 0 Å². The molecule has 1 rings (SSSR count). The molecule has 0 spiro atoms. The third kappa shape index (κ3) is 3.94. The van der Waals surface area contributed by atoms with Gasteiger partial charge in [-0.05, 0) is 24.1 Å². The molecule has 0 amide bonds. The third-order valence-electron chi connectivity index (χ3n) is 2.51. The lowest BCUT2D eigenvalue weighted by molar-refractivity contribution is -0.125. The van der Waals surface area contributed by atoms with Crippen molar-refractivity contribution in [2.24, 2.45) is 5.41 Å². The highest BCUT2D eigenvalue weighted by Crippen LogP contribution is 2.31. The van der Waals surface area contributed by atoms with Crippen LogP contribution >= 0.6 is 39.1 Å². The Bertz CT molecular complexity index is 446. The molecule has 1 aromatic rings. The van der Waals surface area contributed by atoms with E-state index >= 15 is 0 Å². The maximum Gasteiger partial charge on any atom is 0.152 e. The van der Waals surface area contributed by atoms with Gasteiger partial charge in [-0.2, -0.15) is 0 Å². The summed E-state index contributed by atoms with van der Waals surface area (Å²) < 4.78 is 13.0. The van der Waals surface area contributed by atoms with E-state index in [1.165, 1.54) is 12.1 Å². The monoisotopic (exact) mass is 354 g/mol. The lowest BCUT2D eigenvalue weighted by atomic mass is 9.87. The van der Waals surface area contributed by atoms with Crippen molar-refractivity contribution in [3.63, 3.8) is 0 Å². The smallest absolute Gasteiger partial charge is 0.152 e. The summed E-state index contributed by atoms with van der Waals surface area (Å²) in [6.45, 7) is 5.53. The Balaban J connectivity index is 2.96. The zero-order chi connectivity index (χ0) is 14.1. The predicted molar refractivity (Wildman–Crippen MR) is 77.3 cm³/mol.